The Bertz CT molecular complexity index is 550. The van der Waals surface area contributed by atoms with Crippen molar-refractivity contribution in [2.75, 3.05) is 7.11 Å². The molecule has 0 aliphatic rings. The van der Waals surface area contributed by atoms with Crippen LogP contribution in [0.1, 0.15) is 21.5 Å². The lowest BCUT2D eigenvalue weighted by Gasteiger charge is -2.10. The van der Waals surface area contributed by atoms with E-state index in [0.29, 0.717) is 11.1 Å². The number of aromatic carboxylic acids is 1. The highest BCUT2D eigenvalue weighted by molar-refractivity contribution is 7.89. The zero-order valence-corrected chi connectivity index (χ0v) is 10.5. The van der Waals surface area contributed by atoms with E-state index < -0.39 is 16.0 Å². The van der Waals surface area contributed by atoms with Crippen LogP contribution in [0.15, 0.2) is 17.0 Å². The summed E-state index contributed by atoms with van der Waals surface area (Å²) in [7, 11) is -2.68. The van der Waals surface area contributed by atoms with E-state index in [1.54, 1.807) is 13.8 Å². The molecule has 0 heterocycles. The van der Waals surface area contributed by atoms with Crippen molar-refractivity contribution in [1.29, 1.82) is 0 Å². The largest absolute Gasteiger partial charge is 0.478 e. The van der Waals surface area contributed by atoms with E-state index in [9.17, 15) is 13.2 Å². The summed E-state index contributed by atoms with van der Waals surface area (Å²) in [6.07, 6.45) is 0. The van der Waals surface area contributed by atoms with Gasteiger partial charge in [-0.1, -0.05) is 11.0 Å². The maximum atomic E-state index is 11.7. The number of nitrogens with one attached hydrogen (secondary N) is 1. The second-order valence-corrected chi connectivity index (χ2v) is 5.14. The zero-order chi connectivity index (χ0) is 13.2. The van der Waals surface area contributed by atoms with Gasteiger partial charge in [0.05, 0.1) is 17.6 Å². The highest BCUT2D eigenvalue weighted by atomic mass is 32.2. The van der Waals surface area contributed by atoms with Crippen molar-refractivity contribution in [2.45, 2.75) is 18.7 Å². The summed E-state index contributed by atoms with van der Waals surface area (Å²) in [6.45, 7) is 3.19. The van der Waals surface area contributed by atoms with Crippen LogP contribution in [0.25, 0.3) is 0 Å². The molecule has 0 aliphatic heterocycles. The molecule has 6 nitrogen and oxygen atoms in total. The van der Waals surface area contributed by atoms with Gasteiger partial charge in [0, 0.05) is 0 Å². The summed E-state index contributed by atoms with van der Waals surface area (Å²) < 4.78 is 23.4. The number of hydrogen-bond acceptors (Lipinski definition) is 4. The van der Waals surface area contributed by atoms with Crippen molar-refractivity contribution < 1.29 is 23.2 Å². The minimum atomic E-state index is -3.85. The molecule has 0 radical (unpaired) electrons. The van der Waals surface area contributed by atoms with Crippen molar-refractivity contribution in [3.8, 4) is 0 Å². The highest BCUT2D eigenvalue weighted by Crippen LogP contribution is 2.20. The van der Waals surface area contributed by atoms with E-state index in [4.69, 9.17) is 5.11 Å². The number of benzene rings is 1. The molecule has 0 amide bonds. The van der Waals surface area contributed by atoms with Gasteiger partial charge in [-0.2, -0.15) is 0 Å². The minimum absolute atomic E-state index is 0.0490. The zero-order valence-electron chi connectivity index (χ0n) is 9.64. The van der Waals surface area contributed by atoms with Crippen molar-refractivity contribution in [1.82, 2.24) is 4.89 Å². The van der Waals surface area contributed by atoms with Crippen LogP contribution < -0.4 is 4.89 Å². The Morgan fingerprint density at radius 2 is 1.88 bits per heavy atom. The van der Waals surface area contributed by atoms with Crippen LogP contribution in [0.4, 0.5) is 0 Å². The maximum absolute atomic E-state index is 11.7. The molecule has 94 valence electrons. The van der Waals surface area contributed by atoms with Crippen LogP contribution in [-0.4, -0.2) is 26.6 Å². The van der Waals surface area contributed by atoms with E-state index in [-0.39, 0.29) is 10.5 Å². The molecule has 17 heavy (non-hydrogen) atoms. The predicted molar refractivity (Wildman–Crippen MR) is 60.2 cm³/mol. The van der Waals surface area contributed by atoms with Gasteiger partial charge in [0.2, 0.25) is 0 Å². The summed E-state index contributed by atoms with van der Waals surface area (Å²) in [4.78, 5) is 17.0. The van der Waals surface area contributed by atoms with Crippen molar-refractivity contribution in [3.63, 3.8) is 0 Å². The Kier molecular flexibility index (Phi) is 3.87. The molecule has 7 heteroatoms. The predicted octanol–water partition coefficient (Wildman–Crippen LogP) is 0.841. The Morgan fingerprint density at radius 3 is 2.35 bits per heavy atom. The lowest BCUT2D eigenvalue weighted by atomic mass is 10.1. The van der Waals surface area contributed by atoms with Gasteiger partial charge in [-0.05, 0) is 31.0 Å². The van der Waals surface area contributed by atoms with Gasteiger partial charge >= 0.3 is 5.97 Å². The molecule has 1 rings (SSSR count). The van der Waals surface area contributed by atoms with Gasteiger partial charge in [0.15, 0.2) is 0 Å². The Hall–Kier alpha value is -1.44. The summed E-state index contributed by atoms with van der Waals surface area (Å²) >= 11 is 0. The van der Waals surface area contributed by atoms with E-state index in [2.05, 4.69) is 4.84 Å². The first kappa shape index (κ1) is 13.6. The van der Waals surface area contributed by atoms with Gasteiger partial charge in [-0.15, -0.1) is 0 Å². The number of aryl methyl sites for hydroxylation is 2. The van der Waals surface area contributed by atoms with E-state index in [0.717, 1.165) is 6.07 Å². The number of hydrogen-bond donors (Lipinski definition) is 2. The van der Waals surface area contributed by atoms with Crippen LogP contribution in [-0.2, 0) is 14.9 Å². The lowest BCUT2D eigenvalue weighted by Crippen LogP contribution is -2.23. The Balaban J connectivity index is 3.45. The minimum Gasteiger partial charge on any atom is -0.478 e. The van der Waals surface area contributed by atoms with E-state index >= 15 is 0 Å². The van der Waals surface area contributed by atoms with Crippen LogP contribution in [0.2, 0.25) is 0 Å². The first-order chi connectivity index (χ1) is 7.79. The van der Waals surface area contributed by atoms with Crippen LogP contribution in [0.5, 0.6) is 0 Å². The maximum Gasteiger partial charge on any atom is 0.335 e. The fourth-order valence-corrected chi connectivity index (χ4v) is 2.57. The smallest absolute Gasteiger partial charge is 0.335 e. The molecule has 0 spiro atoms. The molecule has 0 bridgehead atoms. The SMILES string of the molecule is CONS(=O)(=O)c1cc(C(=O)O)c(C)cc1C. The summed E-state index contributed by atoms with van der Waals surface area (Å²) in [5.74, 6) is -1.17. The molecule has 0 atom stereocenters. The number of carboxylic acid groups (broad SMARTS) is 1. The van der Waals surface area contributed by atoms with Crippen molar-refractivity contribution in [3.05, 3.63) is 28.8 Å². The fraction of sp³-hybridized carbons (Fsp3) is 0.300. The molecule has 0 unspecified atom stereocenters. The summed E-state index contributed by atoms with van der Waals surface area (Å²) in [5, 5.41) is 8.93. The molecule has 0 saturated carbocycles. The summed E-state index contributed by atoms with van der Waals surface area (Å²) in [6, 6.07) is 2.63. The van der Waals surface area contributed by atoms with Gasteiger partial charge in [0.1, 0.15) is 0 Å². The topological polar surface area (TPSA) is 92.7 Å². The third kappa shape index (κ3) is 2.82. The second kappa shape index (κ2) is 4.82. The third-order valence-corrected chi connectivity index (χ3v) is 3.64. The molecular formula is C10H13NO5S. The number of rotatable bonds is 4. The third-order valence-electron chi connectivity index (χ3n) is 2.23. The molecular weight excluding hydrogens is 246 g/mol. The van der Waals surface area contributed by atoms with Gasteiger partial charge < -0.3 is 5.11 Å². The first-order valence-electron chi connectivity index (χ1n) is 4.69. The van der Waals surface area contributed by atoms with Crippen LogP contribution in [0.3, 0.4) is 0 Å². The number of carbonyl (C=O) groups is 1. The van der Waals surface area contributed by atoms with Crippen molar-refractivity contribution >= 4 is 16.0 Å². The standard InChI is InChI=1S/C10H13NO5S/c1-6-4-7(2)9(5-8(6)10(12)13)17(14,15)11-16-3/h4-5,11H,1-3H3,(H,12,13). The molecule has 0 saturated heterocycles. The van der Waals surface area contributed by atoms with E-state index in [1.807, 2.05) is 4.89 Å². The second-order valence-electron chi connectivity index (χ2n) is 3.53. The molecule has 1 aromatic rings. The lowest BCUT2D eigenvalue weighted by molar-refractivity contribution is 0.0696. The van der Waals surface area contributed by atoms with Gasteiger partial charge in [-0.25, -0.2) is 13.2 Å². The molecule has 0 aromatic heterocycles. The number of carboxylic acids is 1. The highest BCUT2D eigenvalue weighted by Gasteiger charge is 2.20. The molecule has 0 fully saturated rings. The average molecular weight is 259 g/mol. The Labute approximate surface area is 99.2 Å². The summed E-state index contributed by atoms with van der Waals surface area (Å²) in [5.41, 5.74) is 0.912. The normalized spacial score (nSPS) is 11.5. The van der Waals surface area contributed by atoms with Gasteiger partial charge in [-0.3, -0.25) is 4.84 Å². The molecule has 0 aliphatic carbocycles. The Morgan fingerprint density at radius 1 is 1.29 bits per heavy atom. The van der Waals surface area contributed by atoms with E-state index in [1.165, 1.54) is 13.2 Å². The van der Waals surface area contributed by atoms with Crippen molar-refractivity contribution in [2.24, 2.45) is 0 Å². The number of sulfonamides is 1. The van der Waals surface area contributed by atoms with Crippen LogP contribution >= 0.6 is 0 Å². The van der Waals surface area contributed by atoms with Gasteiger partial charge in [0.25, 0.3) is 10.0 Å². The fourth-order valence-electron chi connectivity index (χ4n) is 1.51. The quantitative estimate of drug-likeness (QED) is 0.782. The monoisotopic (exact) mass is 259 g/mol. The average Bonchev–Trinajstić information content (AvgIpc) is 2.15. The van der Waals surface area contributed by atoms with Crippen LogP contribution in [0, 0.1) is 13.8 Å². The first-order valence-corrected chi connectivity index (χ1v) is 6.17. The molecule has 1 aromatic carbocycles. The molecule has 2 N–H and O–H groups in total.